The zero-order chi connectivity index (χ0) is 20.8. The van der Waals surface area contributed by atoms with Gasteiger partial charge in [-0.25, -0.2) is 8.42 Å². The third kappa shape index (κ3) is 7.57. The van der Waals surface area contributed by atoms with Gasteiger partial charge in [0, 0.05) is 4.90 Å². The molecule has 0 fully saturated rings. The van der Waals surface area contributed by atoms with Gasteiger partial charge in [-0.2, -0.15) is 0 Å². The van der Waals surface area contributed by atoms with Crippen LogP contribution in [0.15, 0.2) is 47.4 Å². The molecule has 28 heavy (non-hydrogen) atoms. The maximum Gasteiger partial charge on any atom is 1.00 e. The second kappa shape index (κ2) is 11.6. The molecule has 0 saturated carbocycles. The summed E-state index contributed by atoms with van der Waals surface area (Å²) in [5.74, 6) is -2.14. The van der Waals surface area contributed by atoms with Crippen LogP contribution in [0.1, 0.15) is 17.2 Å². The quantitative estimate of drug-likeness (QED) is 0.283. The van der Waals surface area contributed by atoms with Crippen molar-refractivity contribution in [1.29, 1.82) is 0 Å². The van der Waals surface area contributed by atoms with Crippen LogP contribution in [0.3, 0.4) is 0 Å². The Morgan fingerprint density at radius 3 is 2.07 bits per heavy atom. The number of hydrogen-bond acceptors (Lipinski definition) is 7. The van der Waals surface area contributed by atoms with E-state index < -0.39 is 33.9 Å². The maximum atomic E-state index is 11.0. The molecule has 2 atom stereocenters. The molecular weight excluding hydrogens is 423 g/mol. The molecule has 9 nitrogen and oxygen atoms in total. The van der Waals surface area contributed by atoms with Gasteiger partial charge in [0.2, 0.25) is 0 Å². The zero-order valence-corrected chi connectivity index (χ0v) is 18.6. The van der Waals surface area contributed by atoms with E-state index in [9.17, 15) is 18.3 Å². The molecule has 0 amide bonds. The van der Waals surface area contributed by atoms with Crippen LogP contribution < -0.4 is 35.3 Å². The molecular formula is C16H18ClN2NaO7S. The summed E-state index contributed by atoms with van der Waals surface area (Å²) in [6.45, 7) is 1.87. The molecule has 2 rings (SSSR count). The Labute approximate surface area is 189 Å². The van der Waals surface area contributed by atoms with Gasteiger partial charge in [-0.05, 0) is 36.8 Å². The Bertz CT molecular complexity index is 894. The van der Waals surface area contributed by atoms with Crippen LogP contribution in [0.25, 0.3) is 4.24 Å². The first-order chi connectivity index (χ1) is 12.5. The number of phenols is 2. The number of aliphatic hydroxyl groups excluding tert-OH is 1. The number of carboxylic acids is 1. The number of rotatable bonds is 5. The van der Waals surface area contributed by atoms with Gasteiger partial charge >= 0.3 is 35.5 Å². The van der Waals surface area contributed by atoms with E-state index in [-0.39, 0.29) is 45.8 Å². The number of aliphatic carboxylic acids is 1. The zero-order valence-electron chi connectivity index (χ0n) is 15.0. The summed E-state index contributed by atoms with van der Waals surface area (Å²) in [4.78, 5) is 10.6. The summed E-state index contributed by atoms with van der Waals surface area (Å²) in [6, 6.07) is 8.32. The molecule has 148 valence electrons. The number of nitrogens with zero attached hydrogens (tertiary/aromatic N) is 1. The van der Waals surface area contributed by atoms with Crippen LogP contribution in [0.2, 0.25) is 0 Å². The van der Waals surface area contributed by atoms with Gasteiger partial charge in [0.05, 0.1) is 0 Å². The maximum absolute atomic E-state index is 11.0. The molecule has 0 bridgehead atoms. The molecule has 0 aromatic heterocycles. The summed E-state index contributed by atoms with van der Waals surface area (Å²) in [5, 5.41) is 36.1. The number of aryl methyl sites for hydroxylation is 1. The fourth-order valence-corrected chi connectivity index (χ4v) is 2.62. The third-order valence-electron chi connectivity index (χ3n) is 3.38. The molecule has 0 aliphatic rings. The summed E-state index contributed by atoms with van der Waals surface area (Å²) in [6.07, 6.45) is -1.44. The molecule has 2 unspecified atom stereocenters. The fraction of sp³-hybridized carbons (Fsp3) is 0.188. The second-order valence-corrected chi connectivity index (χ2v) is 7.39. The van der Waals surface area contributed by atoms with Gasteiger partial charge in [0.25, 0.3) is 0 Å². The second-order valence-electron chi connectivity index (χ2n) is 5.41. The Hall–Kier alpha value is -1.37. The normalized spacial score (nSPS) is 12.7. The first-order valence-corrected chi connectivity index (χ1v) is 9.10. The van der Waals surface area contributed by atoms with Gasteiger partial charge in [0.15, 0.2) is 11.5 Å². The average molecular weight is 441 g/mol. The van der Waals surface area contributed by atoms with Crippen molar-refractivity contribution < 1.29 is 63.2 Å². The number of phenolic OH excluding ortho intramolecular Hbond substituents is 2. The number of nitrogens with two attached hydrogens (primary N) is 1. The van der Waals surface area contributed by atoms with Crippen LogP contribution in [0, 0.1) is 6.92 Å². The molecule has 0 aliphatic heterocycles. The van der Waals surface area contributed by atoms with Gasteiger partial charge < -0.3 is 30.4 Å². The van der Waals surface area contributed by atoms with Crippen molar-refractivity contribution in [2.24, 2.45) is 5.73 Å². The van der Waals surface area contributed by atoms with Crippen molar-refractivity contribution in [1.82, 2.24) is 0 Å². The van der Waals surface area contributed by atoms with Crippen LogP contribution >= 0.6 is 11.8 Å². The third-order valence-corrected chi connectivity index (χ3v) is 4.97. The summed E-state index contributed by atoms with van der Waals surface area (Å²) in [5.41, 5.74) is 6.30. The van der Waals surface area contributed by atoms with E-state index in [2.05, 4.69) is 4.24 Å². The minimum absolute atomic E-state index is 0. The Morgan fingerprint density at radius 2 is 1.64 bits per heavy atom. The van der Waals surface area contributed by atoms with E-state index in [0.29, 0.717) is 0 Å². The molecule has 2 aromatic carbocycles. The smallest absolute Gasteiger partial charge is 0.504 e. The Kier molecular flexibility index (Phi) is 11.0. The fourth-order valence-electron chi connectivity index (χ4n) is 1.82. The summed E-state index contributed by atoms with van der Waals surface area (Å²) in [7, 11) is -3.62. The molecule has 0 aliphatic carbocycles. The van der Waals surface area contributed by atoms with Gasteiger partial charge in [-0.15, -0.1) is 0 Å². The van der Waals surface area contributed by atoms with Crippen LogP contribution in [-0.2, 0) is 14.8 Å². The van der Waals surface area contributed by atoms with Crippen molar-refractivity contribution >= 4 is 27.8 Å². The number of hydrogen-bond donors (Lipinski definition) is 5. The van der Waals surface area contributed by atoms with E-state index in [1.54, 1.807) is 12.1 Å². The van der Waals surface area contributed by atoms with E-state index in [1.807, 2.05) is 6.92 Å². The number of aromatic hydroxyl groups is 2. The number of sulfonamides is 1. The Balaban J connectivity index is 0.000000514. The number of halogens is 1. The van der Waals surface area contributed by atoms with E-state index in [1.165, 1.54) is 18.2 Å². The molecule has 6 N–H and O–H groups in total. The minimum Gasteiger partial charge on any atom is -0.504 e. The molecule has 0 radical (unpaired) electrons. The summed E-state index contributed by atoms with van der Waals surface area (Å²) < 4.78 is 24.8. The molecule has 0 heterocycles. The summed E-state index contributed by atoms with van der Waals surface area (Å²) >= 11 is 4.90. The molecule has 12 heteroatoms. The molecule has 0 spiro atoms. The van der Waals surface area contributed by atoms with Crippen molar-refractivity contribution in [3.8, 4) is 11.5 Å². The number of aliphatic hydroxyl groups is 1. The van der Waals surface area contributed by atoms with Crippen molar-refractivity contribution in [3.05, 3.63) is 57.8 Å². The van der Waals surface area contributed by atoms with Gasteiger partial charge in [-0.3, -0.25) is 16.6 Å². The van der Waals surface area contributed by atoms with Crippen LogP contribution in [0.5, 0.6) is 11.5 Å². The van der Waals surface area contributed by atoms with Crippen LogP contribution in [-0.4, -0.2) is 40.9 Å². The number of benzene rings is 2. The number of carboxylic acid groups (broad SMARTS) is 1. The standard InChI is InChI=1S/C9H11NO5.C7H7ClNO2S.Na/c10-7(9(14)15)8(13)4-1-2-5(11)6(12)3-4;1-6-2-4-7(5-3-6)12(10,11)9-8;/h1-3,7-8,11-13H,10H2,(H,14,15);2-5H,1H3;/q;-1;+1. The number of carbonyl (C=O) groups is 1. The largest absolute Gasteiger partial charge is 1.00 e. The van der Waals surface area contributed by atoms with Crippen molar-refractivity contribution in [3.63, 3.8) is 0 Å². The first-order valence-electron chi connectivity index (χ1n) is 7.33. The molecule has 0 saturated heterocycles. The predicted molar refractivity (Wildman–Crippen MR) is 97.9 cm³/mol. The molecule has 2 aromatic rings. The van der Waals surface area contributed by atoms with E-state index >= 15 is 0 Å². The SMILES string of the molecule is Cc1ccc(S(=O)(=O)[N-]Cl)cc1.NC(C(=O)O)C(O)c1ccc(O)c(O)c1.[Na+]. The first kappa shape index (κ1) is 26.6. The average Bonchev–Trinajstić information content (AvgIpc) is 2.63. The van der Waals surface area contributed by atoms with Gasteiger partial charge in [-0.1, -0.05) is 23.8 Å². The van der Waals surface area contributed by atoms with Crippen molar-refractivity contribution in [2.45, 2.75) is 24.0 Å². The topological polar surface area (TPSA) is 172 Å². The van der Waals surface area contributed by atoms with E-state index in [4.69, 9.17) is 32.8 Å². The minimum atomic E-state index is -3.62. The van der Waals surface area contributed by atoms with E-state index in [0.717, 1.165) is 17.7 Å². The van der Waals surface area contributed by atoms with Crippen LogP contribution in [0.4, 0.5) is 0 Å². The van der Waals surface area contributed by atoms with Crippen molar-refractivity contribution in [2.75, 3.05) is 0 Å². The Morgan fingerprint density at radius 1 is 1.11 bits per heavy atom. The predicted octanol–water partition coefficient (Wildman–Crippen LogP) is -1.24. The van der Waals surface area contributed by atoms with Gasteiger partial charge in [0.1, 0.15) is 22.2 Å². The monoisotopic (exact) mass is 440 g/mol.